The number of benzene rings is 3. The number of phenolic OH excluding ortho intramolecular Hbond substituents is 1. The second-order valence-electron chi connectivity index (χ2n) is 5.89. The van der Waals surface area contributed by atoms with Crippen LogP contribution in [0.3, 0.4) is 0 Å². The minimum absolute atomic E-state index is 0.151. The van der Waals surface area contributed by atoms with Gasteiger partial charge >= 0.3 is 0 Å². The fourth-order valence-corrected chi connectivity index (χ4v) is 2.83. The highest BCUT2D eigenvalue weighted by Gasteiger charge is 2.18. The number of anilines is 2. The van der Waals surface area contributed by atoms with Crippen LogP contribution in [0.2, 0.25) is 0 Å². The van der Waals surface area contributed by atoms with Gasteiger partial charge in [0.1, 0.15) is 11.5 Å². The lowest BCUT2D eigenvalue weighted by atomic mass is 10.2. The molecule has 0 radical (unpaired) electrons. The van der Waals surface area contributed by atoms with E-state index < -0.39 is 0 Å². The minimum Gasteiger partial charge on any atom is -0.507 e. The number of rotatable bonds is 5. The molecule has 0 unspecified atom stereocenters. The average Bonchev–Trinajstić information content (AvgIpc) is 3.13. The molecule has 1 heterocycles. The highest BCUT2D eigenvalue weighted by molar-refractivity contribution is 5.69. The van der Waals surface area contributed by atoms with E-state index in [2.05, 4.69) is 15.5 Å². The summed E-state index contributed by atoms with van der Waals surface area (Å²) in [5.74, 6) is 2.03. The van der Waals surface area contributed by atoms with Crippen molar-refractivity contribution in [1.29, 1.82) is 0 Å². The number of hydrogen-bond donors (Lipinski definition) is 2. The Morgan fingerprint density at radius 2 is 1.56 bits per heavy atom. The molecular formula is C21H18N4O2. The zero-order valence-corrected chi connectivity index (χ0v) is 14.7. The molecule has 1 aromatic heterocycles. The minimum atomic E-state index is 0.151. The number of methoxy groups -OCH3 is 1. The molecule has 0 aliphatic carbocycles. The lowest BCUT2D eigenvalue weighted by Gasteiger charge is -2.12. The van der Waals surface area contributed by atoms with Crippen LogP contribution in [0.4, 0.5) is 11.6 Å². The molecule has 0 bridgehead atoms. The van der Waals surface area contributed by atoms with Gasteiger partial charge in [-0.25, -0.2) is 0 Å². The van der Waals surface area contributed by atoms with Crippen LogP contribution in [0.1, 0.15) is 0 Å². The Balaban J connectivity index is 1.81. The monoisotopic (exact) mass is 358 g/mol. The third kappa shape index (κ3) is 3.32. The molecule has 0 aliphatic rings. The molecule has 2 N–H and O–H groups in total. The average molecular weight is 358 g/mol. The number of hydrogen-bond acceptors (Lipinski definition) is 5. The predicted octanol–water partition coefficient (Wildman–Crippen LogP) is 4.39. The van der Waals surface area contributed by atoms with Crippen molar-refractivity contribution in [3.8, 4) is 28.6 Å². The Kier molecular flexibility index (Phi) is 4.45. The summed E-state index contributed by atoms with van der Waals surface area (Å²) in [4.78, 5) is 0. The van der Waals surface area contributed by atoms with Crippen molar-refractivity contribution < 1.29 is 9.84 Å². The first-order chi connectivity index (χ1) is 13.3. The number of aromatic nitrogens is 3. The van der Waals surface area contributed by atoms with E-state index in [1.807, 2.05) is 71.3 Å². The van der Waals surface area contributed by atoms with Crippen molar-refractivity contribution in [3.05, 3.63) is 78.9 Å². The molecule has 4 rings (SSSR count). The fourth-order valence-electron chi connectivity index (χ4n) is 2.83. The van der Waals surface area contributed by atoms with Gasteiger partial charge in [0.2, 0.25) is 5.95 Å². The third-order valence-electron chi connectivity index (χ3n) is 4.17. The van der Waals surface area contributed by atoms with Crippen molar-refractivity contribution in [2.75, 3.05) is 12.4 Å². The molecule has 0 saturated heterocycles. The first kappa shape index (κ1) is 16.7. The van der Waals surface area contributed by atoms with Crippen molar-refractivity contribution in [1.82, 2.24) is 14.8 Å². The van der Waals surface area contributed by atoms with Gasteiger partial charge in [-0.3, -0.25) is 4.57 Å². The Hall–Kier alpha value is -3.80. The van der Waals surface area contributed by atoms with Crippen LogP contribution in [0.5, 0.6) is 11.5 Å². The Morgan fingerprint density at radius 3 is 2.26 bits per heavy atom. The molecule has 0 saturated carbocycles. The number of nitrogens with one attached hydrogen (secondary N) is 1. The first-order valence-electron chi connectivity index (χ1n) is 8.46. The van der Waals surface area contributed by atoms with E-state index in [9.17, 15) is 5.11 Å². The third-order valence-corrected chi connectivity index (χ3v) is 4.17. The standard InChI is InChI=1S/C21H18N4O2/c1-27-17-13-11-15(12-14-17)22-21-24-23-20(18-9-5-6-10-19(18)26)25(21)16-7-3-2-4-8-16/h2-14,26H,1H3,(H,22,24). The maximum Gasteiger partial charge on any atom is 0.234 e. The molecule has 27 heavy (non-hydrogen) atoms. The largest absolute Gasteiger partial charge is 0.507 e. The SMILES string of the molecule is COc1ccc(Nc2nnc(-c3ccccc3O)n2-c2ccccc2)cc1. The maximum absolute atomic E-state index is 10.3. The van der Waals surface area contributed by atoms with Gasteiger partial charge in [-0.2, -0.15) is 0 Å². The van der Waals surface area contributed by atoms with Crippen LogP contribution < -0.4 is 10.1 Å². The zero-order chi connectivity index (χ0) is 18.6. The molecule has 3 aromatic carbocycles. The van der Waals surface area contributed by atoms with Crippen LogP contribution in [-0.4, -0.2) is 27.0 Å². The molecule has 6 nitrogen and oxygen atoms in total. The van der Waals surface area contributed by atoms with Gasteiger partial charge in [-0.05, 0) is 48.5 Å². The fraction of sp³-hybridized carbons (Fsp3) is 0.0476. The highest BCUT2D eigenvalue weighted by Crippen LogP contribution is 2.32. The molecular weight excluding hydrogens is 340 g/mol. The quantitative estimate of drug-likeness (QED) is 0.553. The molecule has 6 heteroatoms. The predicted molar refractivity (Wildman–Crippen MR) is 105 cm³/mol. The smallest absolute Gasteiger partial charge is 0.234 e. The van der Waals surface area contributed by atoms with E-state index in [0.29, 0.717) is 17.3 Å². The normalized spacial score (nSPS) is 10.6. The molecule has 0 fully saturated rings. The molecule has 0 amide bonds. The van der Waals surface area contributed by atoms with Crippen molar-refractivity contribution in [3.63, 3.8) is 0 Å². The lowest BCUT2D eigenvalue weighted by molar-refractivity contribution is 0.415. The summed E-state index contributed by atoms with van der Waals surface area (Å²) in [6, 6.07) is 24.4. The second kappa shape index (κ2) is 7.21. The van der Waals surface area contributed by atoms with Crippen molar-refractivity contribution in [2.24, 2.45) is 0 Å². The Labute approximate surface area is 156 Å². The zero-order valence-electron chi connectivity index (χ0n) is 14.7. The molecule has 0 spiro atoms. The Bertz CT molecular complexity index is 1040. The number of ether oxygens (including phenoxy) is 1. The van der Waals surface area contributed by atoms with Gasteiger partial charge in [0.15, 0.2) is 5.82 Å². The van der Waals surface area contributed by atoms with E-state index in [1.54, 1.807) is 19.2 Å². The van der Waals surface area contributed by atoms with Crippen LogP contribution in [-0.2, 0) is 0 Å². The number of phenols is 1. The second-order valence-corrected chi connectivity index (χ2v) is 5.89. The van der Waals surface area contributed by atoms with E-state index in [-0.39, 0.29) is 5.75 Å². The van der Waals surface area contributed by atoms with Gasteiger partial charge in [-0.1, -0.05) is 30.3 Å². The van der Waals surface area contributed by atoms with Crippen molar-refractivity contribution in [2.45, 2.75) is 0 Å². The summed E-state index contributed by atoms with van der Waals surface area (Å²) in [6.07, 6.45) is 0. The molecule has 134 valence electrons. The number of nitrogens with zero attached hydrogens (tertiary/aromatic N) is 3. The van der Waals surface area contributed by atoms with Crippen LogP contribution in [0, 0.1) is 0 Å². The summed E-state index contributed by atoms with van der Waals surface area (Å²) in [5.41, 5.74) is 2.35. The van der Waals surface area contributed by atoms with Crippen LogP contribution >= 0.6 is 0 Å². The topological polar surface area (TPSA) is 72.2 Å². The summed E-state index contributed by atoms with van der Waals surface area (Å²) in [7, 11) is 1.63. The maximum atomic E-state index is 10.3. The highest BCUT2D eigenvalue weighted by atomic mass is 16.5. The summed E-state index contributed by atoms with van der Waals surface area (Å²) in [5, 5.41) is 22.2. The first-order valence-corrected chi connectivity index (χ1v) is 8.46. The Morgan fingerprint density at radius 1 is 0.852 bits per heavy atom. The van der Waals surface area contributed by atoms with Gasteiger partial charge < -0.3 is 15.2 Å². The van der Waals surface area contributed by atoms with Gasteiger partial charge in [-0.15, -0.1) is 10.2 Å². The van der Waals surface area contributed by atoms with Crippen LogP contribution in [0.15, 0.2) is 78.9 Å². The summed E-state index contributed by atoms with van der Waals surface area (Å²) >= 11 is 0. The van der Waals surface area contributed by atoms with Gasteiger partial charge in [0.05, 0.1) is 18.4 Å². The lowest BCUT2D eigenvalue weighted by Crippen LogP contribution is -2.03. The summed E-state index contributed by atoms with van der Waals surface area (Å²) in [6.45, 7) is 0. The summed E-state index contributed by atoms with van der Waals surface area (Å²) < 4.78 is 7.07. The number of aromatic hydroxyl groups is 1. The van der Waals surface area contributed by atoms with Gasteiger partial charge in [0, 0.05) is 5.69 Å². The van der Waals surface area contributed by atoms with E-state index in [0.717, 1.165) is 17.1 Å². The molecule has 0 atom stereocenters. The van der Waals surface area contributed by atoms with Crippen LogP contribution in [0.25, 0.3) is 17.1 Å². The van der Waals surface area contributed by atoms with Gasteiger partial charge in [0.25, 0.3) is 0 Å². The van der Waals surface area contributed by atoms with Crippen molar-refractivity contribution >= 4 is 11.6 Å². The molecule has 0 aliphatic heterocycles. The number of para-hydroxylation sites is 2. The molecule has 4 aromatic rings. The van der Waals surface area contributed by atoms with E-state index >= 15 is 0 Å². The van der Waals surface area contributed by atoms with E-state index in [1.165, 1.54) is 0 Å². The van der Waals surface area contributed by atoms with E-state index in [4.69, 9.17) is 4.74 Å².